The number of hydrogen-bond acceptors (Lipinski definition) is 5. The maximum Gasteiger partial charge on any atom is 0.226 e. The number of rotatable bonds is 6. The highest BCUT2D eigenvalue weighted by Gasteiger charge is 2.29. The molecule has 24 heavy (non-hydrogen) atoms. The highest BCUT2D eigenvalue weighted by atomic mass is 16.5. The molecule has 7 heteroatoms. The van der Waals surface area contributed by atoms with Crippen molar-refractivity contribution < 1.29 is 9.32 Å². The summed E-state index contributed by atoms with van der Waals surface area (Å²) in [5.41, 5.74) is 2.18. The van der Waals surface area contributed by atoms with Gasteiger partial charge in [0.25, 0.3) is 0 Å². The van der Waals surface area contributed by atoms with Crippen molar-refractivity contribution in [1.29, 1.82) is 0 Å². The highest BCUT2D eigenvalue weighted by molar-refractivity contribution is 5.76. The fourth-order valence-corrected chi connectivity index (χ4v) is 3.39. The number of aromatic nitrogens is 4. The van der Waals surface area contributed by atoms with Gasteiger partial charge in [-0.3, -0.25) is 9.48 Å². The third kappa shape index (κ3) is 3.83. The number of carbonyl (C=O) groups is 1. The molecule has 2 aromatic heterocycles. The van der Waals surface area contributed by atoms with Gasteiger partial charge in [-0.25, -0.2) is 0 Å². The van der Waals surface area contributed by atoms with Crippen molar-refractivity contribution in [2.24, 2.45) is 0 Å². The van der Waals surface area contributed by atoms with Gasteiger partial charge in [-0.2, -0.15) is 10.1 Å². The van der Waals surface area contributed by atoms with Gasteiger partial charge in [-0.15, -0.1) is 0 Å². The van der Waals surface area contributed by atoms with Crippen molar-refractivity contribution in [3.8, 4) is 0 Å². The smallest absolute Gasteiger partial charge is 0.226 e. The van der Waals surface area contributed by atoms with E-state index in [0.717, 1.165) is 43.7 Å². The number of amides is 1. The van der Waals surface area contributed by atoms with Crippen LogP contribution in [0, 0.1) is 20.8 Å². The van der Waals surface area contributed by atoms with Crippen molar-refractivity contribution in [2.45, 2.75) is 65.5 Å². The van der Waals surface area contributed by atoms with E-state index in [0.29, 0.717) is 24.6 Å². The minimum Gasteiger partial charge on any atom is -0.339 e. The van der Waals surface area contributed by atoms with Crippen LogP contribution in [0.5, 0.6) is 0 Å². The van der Waals surface area contributed by atoms with E-state index in [9.17, 15) is 4.79 Å². The first-order valence-corrected chi connectivity index (χ1v) is 8.62. The van der Waals surface area contributed by atoms with Gasteiger partial charge >= 0.3 is 0 Å². The van der Waals surface area contributed by atoms with Gasteiger partial charge in [0, 0.05) is 25.1 Å². The third-order valence-corrected chi connectivity index (χ3v) is 4.54. The topological polar surface area (TPSA) is 77.0 Å². The van der Waals surface area contributed by atoms with Crippen LogP contribution in [0.15, 0.2) is 10.6 Å². The summed E-state index contributed by atoms with van der Waals surface area (Å²) in [6.07, 6.45) is 4.03. The molecular formula is C17H25N5O2. The molecule has 130 valence electrons. The van der Waals surface area contributed by atoms with E-state index in [4.69, 9.17) is 4.52 Å². The first-order valence-electron chi connectivity index (χ1n) is 8.62. The summed E-state index contributed by atoms with van der Waals surface area (Å²) < 4.78 is 7.11. The van der Waals surface area contributed by atoms with E-state index in [1.807, 2.05) is 16.5 Å². The second-order valence-electron chi connectivity index (χ2n) is 6.58. The summed E-state index contributed by atoms with van der Waals surface area (Å²) in [6.45, 7) is 7.50. The number of hydrogen-bond donors (Lipinski definition) is 0. The molecule has 0 radical (unpaired) electrons. The van der Waals surface area contributed by atoms with Crippen LogP contribution in [-0.2, 0) is 17.8 Å². The summed E-state index contributed by atoms with van der Waals surface area (Å²) in [5.74, 6) is 1.47. The Labute approximate surface area is 142 Å². The van der Waals surface area contributed by atoms with E-state index in [1.54, 1.807) is 6.92 Å². The van der Waals surface area contributed by atoms with Crippen molar-refractivity contribution in [3.05, 3.63) is 29.2 Å². The fourth-order valence-electron chi connectivity index (χ4n) is 3.39. The van der Waals surface area contributed by atoms with Gasteiger partial charge in [-0.1, -0.05) is 5.16 Å². The lowest BCUT2D eigenvalue weighted by molar-refractivity contribution is -0.132. The van der Waals surface area contributed by atoms with Crippen molar-refractivity contribution in [1.82, 2.24) is 24.8 Å². The summed E-state index contributed by atoms with van der Waals surface area (Å²) in [5, 5.41) is 8.29. The Morgan fingerprint density at radius 3 is 2.88 bits per heavy atom. The minimum atomic E-state index is 0.218. The van der Waals surface area contributed by atoms with E-state index in [2.05, 4.69) is 28.2 Å². The molecule has 2 aromatic rings. The number of carbonyl (C=O) groups excluding carboxylic acids is 1. The normalized spacial score (nSPS) is 17.6. The van der Waals surface area contributed by atoms with Gasteiger partial charge in [0.2, 0.25) is 11.8 Å². The Balaban J connectivity index is 1.52. The quantitative estimate of drug-likeness (QED) is 0.811. The molecule has 1 saturated heterocycles. The van der Waals surface area contributed by atoms with Gasteiger partial charge < -0.3 is 9.42 Å². The van der Waals surface area contributed by atoms with E-state index < -0.39 is 0 Å². The molecule has 1 amide bonds. The second kappa shape index (κ2) is 7.15. The molecule has 7 nitrogen and oxygen atoms in total. The maximum absolute atomic E-state index is 12.6. The molecule has 1 atom stereocenters. The van der Waals surface area contributed by atoms with Gasteiger partial charge in [0.1, 0.15) is 0 Å². The van der Waals surface area contributed by atoms with E-state index in [-0.39, 0.29) is 11.9 Å². The van der Waals surface area contributed by atoms with Gasteiger partial charge in [0.05, 0.1) is 18.3 Å². The van der Waals surface area contributed by atoms with Crippen LogP contribution in [0.25, 0.3) is 0 Å². The van der Waals surface area contributed by atoms with Gasteiger partial charge in [-0.05, 0) is 46.1 Å². The average molecular weight is 331 g/mol. The van der Waals surface area contributed by atoms with Crippen LogP contribution in [0.1, 0.15) is 48.8 Å². The highest BCUT2D eigenvalue weighted by Crippen LogP contribution is 2.21. The van der Waals surface area contributed by atoms with Crippen molar-refractivity contribution >= 4 is 5.91 Å². The Hall–Kier alpha value is -2.18. The summed E-state index contributed by atoms with van der Waals surface area (Å²) in [4.78, 5) is 18.8. The lowest BCUT2D eigenvalue weighted by Gasteiger charge is -2.25. The lowest BCUT2D eigenvalue weighted by atomic mass is 10.2. The molecule has 0 N–H and O–H groups in total. The van der Waals surface area contributed by atoms with E-state index >= 15 is 0 Å². The summed E-state index contributed by atoms with van der Waals surface area (Å²) in [6, 6.07) is 2.33. The summed E-state index contributed by atoms with van der Waals surface area (Å²) >= 11 is 0. The SMILES string of the molecule is Cc1cc(C)n(C[C@@H]2CCCN2C(=O)CCCc2nc(C)no2)n1. The molecule has 1 aliphatic rings. The van der Waals surface area contributed by atoms with Crippen LogP contribution in [-0.4, -0.2) is 43.3 Å². The van der Waals surface area contributed by atoms with Crippen LogP contribution in [0.2, 0.25) is 0 Å². The number of aryl methyl sites for hydroxylation is 4. The predicted molar refractivity (Wildman–Crippen MR) is 88.4 cm³/mol. The fraction of sp³-hybridized carbons (Fsp3) is 0.647. The third-order valence-electron chi connectivity index (χ3n) is 4.54. The summed E-state index contributed by atoms with van der Waals surface area (Å²) in [7, 11) is 0. The molecule has 0 unspecified atom stereocenters. The van der Waals surface area contributed by atoms with Crippen LogP contribution < -0.4 is 0 Å². The van der Waals surface area contributed by atoms with Crippen molar-refractivity contribution in [3.63, 3.8) is 0 Å². The van der Waals surface area contributed by atoms with E-state index in [1.165, 1.54) is 0 Å². The maximum atomic E-state index is 12.6. The standard InChI is InChI=1S/C17H25N5O2/c1-12-10-13(2)22(19-12)11-15-6-5-9-21(15)17(23)8-4-7-16-18-14(3)20-24-16/h10,15H,4-9,11H2,1-3H3/t15-/m0/s1. The second-order valence-corrected chi connectivity index (χ2v) is 6.58. The largest absolute Gasteiger partial charge is 0.339 e. The van der Waals surface area contributed by atoms with Crippen molar-refractivity contribution in [2.75, 3.05) is 6.54 Å². The minimum absolute atomic E-state index is 0.218. The van der Waals surface area contributed by atoms with Gasteiger partial charge in [0.15, 0.2) is 5.82 Å². The number of nitrogens with zero attached hydrogens (tertiary/aromatic N) is 5. The molecule has 0 aromatic carbocycles. The predicted octanol–water partition coefficient (Wildman–Crippen LogP) is 2.21. The Morgan fingerprint density at radius 2 is 2.21 bits per heavy atom. The molecule has 1 aliphatic heterocycles. The Morgan fingerprint density at radius 1 is 1.38 bits per heavy atom. The lowest BCUT2D eigenvalue weighted by Crippen LogP contribution is -2.38. The first-order chi connectivity index (χ1) is 11.5. The zero-order chi connectivity index (χ0) is 17.1. The van der Waals surface area contributed by atoms with Crippen LogP contribution >= 0.6 is 0 Å². The molecule has 0 bridgehead atoms. The molecule has 0 aliphatic carbocycles. The monoisotopic (exact) mass is 331 g/mol. The molecular weight excluding hydrogens is 306 g/mol. The zero-order valence-corrected chi connectivity index (χ0v) is 14.7. The average Bonchev–Trinajstić information content (AvgIpc) is 3.22. The zero-order valence-electron chi connectivity index (χ0n) is 14.7. The number of likely N-dealkylation sites (tertiary alicyclic amines) is 1. The van der Waals surface area contributed by atoms with Crippen LogP contribution in [0.4, 0.5) is 0 Å². The molecule has 3 heterocycles. The first kappa shape index (κ1) is 16.7. The Kier molecular flexibility index (Phi) is 4.97. The molecule has 3 rings (SSSR count). The Bertz CT molecular complexity index is 706. The molecule has 1 fully saturated rings. The molecule has 0 spiro atoms. The van der Waals surface area contributed by atoms with Crippen LogP contribution in [0.3, 0.4) is 0 Å². The molecule has 0 saturated carbocycles.